The van der Waals surface area contributed by atoms with Crippen molar-refractivity contribution in [3.63, 3.8) is 0 Å². The van der Waals surface area contributed by atoms with E-state index >= 15 is 0 Å². The number of thiophene rings is 1. The largest absolute Gasteiger partial charge is 0.333 e. The Morgan fingerprint density at radius 1 is 1.30 bits per heavy atom. The van der Waals surface area contributed by atoms with Crippen molar-refractivity contribution < 1.29 is 4.79 Å². The van der Waals surface area contributed by atoms with Crippen LogP contribution in [0.2, 0.25) is 0 Å². The fraction of sp³-hybridized carbons (Fsp3) is 0.133. The molecule has 0 aliphatic heterocycles. The van der Waals surface area contributed by atoms with E-state index in [-0.39, 0.29) is 0 Å². The first-order chi connectivity index (χ1) is 9.74. The summed E-state index contributed by atoms with van der Waals surface area (Å²) in [5, 5.41) is 4.78. The van der Waals surface area contributed by atoms with Gasteiger partial charge in [0.05, 0.1) is 0 Å². The zero-order valence-electron chi connectivity index (χ0n) is 11.2. The van der Waals surface area contributed by atoms with Crippen molar-refractivity contribution in [1.29, 1.82) is 0 Å². The van der Waals surface area contributed by atoms with Crippen LogP contribution >= 0.6 is 11.3 Å². The standard InChI is InChI=1S/C15H17N3OS/c1-2-11-5-3-7-14(17-15(19)18-16)13(11)9-8-12-6-4-10-20-12/h3-10H,2,16H2,1H3,(H2,17,18,19)/b9-8+. The van der Waals surface area contributed by atoms with Crippen molar-refractivity contribution in [2.75, 3.05) is 5.32 Å². The average molecular weight is 287 g/mol. The highest BCUT2D eigenvalue weighted by atomic mass is 32.1. The van der Waals surface area contributed by atoms with Crippen molar-refractivity contribution in [2.45, 2.75) is 13.3 Å². The smallest absolute Gasteiger partial charge is 0.306 e. The van der Waals surface area contributed by atoms with Gasteiger partial charge in [0.2, 0.25) is 0 Å². The Kier molecular flexibility index (Phi) is 4.92. The summed E-state index contributed by atoms with van der Waals surface area (Å²) < 4.78 is 0. The summed E-state index contributed by atoms with van der Waals surface area (Å²) in [6.07, 6.45) is 4.96. The van der Waals surface area contributed by atoms with E-state index in [1.54, 1.807) is 11.3 Å². The molecule has 1 aromatic carbocycles. The molecule has 5 heteroatoms. The van der Waals surface area contributed by atoms with Gasteiger partial charge in [0.15, 0.2) is 0 Å². The quantitative estimate of drug-likeness (QED) is 0.458. The molecule has 1 heterocycles. The number of urea groups is 1. The molecular weight excluding hydrogens is 270 g/mol. The number of hydrogen-bond acceptors (Lipinski definition) is 3. The molecule has 2 amide bonds. The lowest BCUT2D eigenvalue weighted by molar-refractivity contribution is 0.252. The average Bonchev–Trinajstić information content (AvgIpc) is 2.98. The summed E-state index contributed by atoms with van der Waals surface area (Å²) in [7, 11) is 0. The number of rotatable bonds is 4. The molecule has 1 aromatic heterocycles. The first kappa shape index (κ1) is 14.3. The topological polar surface area (TPSA) is 67.2 Å². The van der Waals surface area contributed by atoms with Crippen molar-refractivity contribution in [2.24, 2.45) is 5.84 Å². The van der Waals surface area contributed by atoms with E-state index in [9.17, 15) is 4.79 Å². The molecule has 2 rings (SSSR count). The third-order valence-corrected chi connectivity index (χ3v) is 3.75. The minimum atomic E-state index is -0.427. The maximum absolute atomic E-state index is 11.4. The van der Waals surface area contributed by atoms with Gasteiger partial charge in [-0.15, -0.1) is 11.3 Å². The Labute approximate surface area is 122 Å². The van der Waals surface area contributed by atoms with E-state index in [2.05, 4.69) is 29.8 Å². The minimum absolute atomic E-state index is 0.427. The van der Waals surface area contributed by atoms with Crippen molar-refractivity contribution >= 4 is 35.2 Å². The second kappa shape index (κ2) is 6.88. The lowest BCUT2D eigenvalue weighted by atomic mass is 10.0. The third-order valence-electron chi connectivity index (χ3n) is 2.91. The van der Waals surface area contributed by atoms with Gasteiger partial charge in [0.1, 0.15) is 0 Å². The number of hydrazine groups is 1. The second-order valence-corrected chi connectivity index (χ2v) is 5.16. The highest BCUT2D eigenvalue weighted by Crippen LogP contribution is 2.24. The Bertz CT molecular complexity index is 606. The van der Waals surface area contributed by atoms with E-state index in [1.807, 2.05) is 35.7 Å². The Hall–Kier alpha value is -2.11. The number of hydrogen-bond donors (Lipinski definition) is 3. The number of amides is 2. The molecule has 0 spiro atoms. The van der Waals surface area contributed by atoms with Crippen LogP contribution in [-0.2, 0) is 6.42 Å². The van der Waals surface area contributed by atoms with E-state index in [1.165, 1.54) is 10.4 Å². The Morgan fingerprint density at radius 2 is 2.15 bits per heavy atom. The van der Waals surface area contributed by atoms with Crippen molar-refractivity contribution in [1.82, 2.24) is 5.43 Å². The van der Waals surface area contributed by atoms with E-state index in [4.69, 9.17) is 5.84 Å². The molecule has 4 N–H and O–H groups in total. The lowest BCUT2D eigenvalue weighted by Gasteiger charge is -2.11. The zero-order valence-corrected chi connectivity index (χ0v) is 12.0. The van der Waals surface area contributed by atoms with Gasteiger partial charge in [-0.25, -0.2) is 10.6 Å². The van der Waals surface area contributed by atoms with Crippen LogP contribution in [0.5, 0.6) is 0 Å². The minimum Gasteiger partial charge on any atom is -0.306 e. The first-order valence-electron chi connectivity index (χ1n) is 6.35. The van der Waals surface area contributed by atoms with Gasteiger partial charge in [-0.1, -0.05) is 31.2 Å². The van der Waals surface area contributed by atoms with Gasteiger partial charge in [-0.05, 0) is 35.6 Å². The third kappa shape index (κ3) is 3.46. The fourth-order valence-electron chi connectivity index (χ4n) is 1.94. The summed E-state index contributed by atoms with van der Waals surface area (Å²) in [6, 6.07) is 9.48. The highest BCUT2D eigenvalue weighted by molar-refractivity contribution is 7.10. The molecule has 0 saturated carbocycles. The van der Waals surface area contributed by atoms with Crippen LogP contribution in [-0.4, -0.2) is 6.03 Å². The summed E-state index contributed by atoms with van der Waals surface area (Å²) in [6.45, 7) is 2.09. The van der Waals surface area contributed by atoms with E-state index < -0.39 is 6.03 Å². The predicted octanol–water partition coefficient (Wildman–Crippen LogP) is 3.48. The Morgan fingerprint density at radius 3 is 2.80 bits per heavy atom. The number of carbonyl (C=O) groups is 1. The number of anilines is 1. The summed E-state index contributed by atoms with van der Waals surface area (Å²) in [5.74, 6) is 5.11. The van der Waals surface area contributed by atoms with E-state index in [0.717, 1.165) is 17.7 Å². The van der Waals surface area contributed by atoms with Crippen LogP contribution in [0, 0.1) is 0 Å². The number of aryl methyl sites for hydroxylation is 1. The molecule has 0 aliphatic carbocycles. The summed E-state index contributed by atoms with van der Waals surface area (Å²) >= 11 is 1.67. The fourth-order valence-corrected chi connectivity index (χ4v) is 2.56. The molecule has 0 saturated heterocycles. The van der Waals surface area contributed by atoms with Crippen molar-refractivity contribution in [3.05, 3.63) is 51.7 Å². The van der Waals surface area contributed by atoms with Crippen LogP contribution in [0.15, 0.2) is 35.7 Å². The highest BCUT2D eigenvalue weighted by Gasteiger charge is 2.07. The van der Waals surface area contributed by atoms with Crippen LogP contribution in [0.1, 0.15) is 22.9 Å². The van der Waals surface area contributed by atoms with Gasteiger partial charge >= 0.3 is 6.03 Å². The molecule has 20 heavy (non-hydrogen) atoms. The predicted molar refractivity (Wildman–Crippen MR) is 85.4 cm³/mol. The van der Waals surface area contributed by atoms with Crippen LogP contribution in [0.4, 0.5) is 10.5 Å². The van der Waals surface area contributed by atoms with Gasteiger partial charge < -0.3 is 5.32 Å². The molecule has 2 aromatic rings. The van der Waals surface area contributed by atoms with Gasteiger partial charge in [0.25, 0.3) is 0 Å². The number of benzene rings is 1. The molecule has 0 atom stereocenters. The van der Waals surface area contributed by atoms with Crippen molar-refractivity contribution in [3.8, 4) is 0 Å². The monoisotopic (exact) mass is 287 g/mol. The Balaban J connectivity index is 2.34. The van der Waals surface area contributed by atoms with E-state index in [0.29, 0.717) is 0 Å². The molecule has 0 bridgehead atoms. The molecule has 0 aliphatic rings. The molecule has 0 fully saturated rings. The second-order valence-electron chi connectivity index (χ2n) is 4.18. The van der Waals surface area contributed by atoms with Crippen LogP contribution in [0.25, 0.3) is 12.2 Å². The molecule has 4 nitrogen and oxygen atoms in total. The first-order valence-corrected chi connectivity index (χ1v) is 7.23. The number of nitrogens with two attached hydrogens (primary N) is 1. The molecule has 0 radical (unpaired) electrons. The van der Waals surface area contributed by atoms with Crippen LogP contribution in [0.3, 0.4) is 0 Å². The normalized spacial score (nSPS) is 10.7. The van der Waals surface area contributed by atoms with Gasteiger partial charge in [0, 0.05) is 16.1 Å². The molecule has 104 valence electrons. The van der Waals surface area contributed by atoms with Crippen LogP contribution < -0.4 is 16.6 Å². The maximum atomic E-state index is 11.4. The molecule has 0 unspecified atom stereocenters. The van der Waals surface area contributed by atoms with Gasteiger partial charge in [-0.3, -0.25) is 5.43 Å². The summed E-state index contributed by atoms with van der Waals surface area (Å²) in [5.41, 5.74) is 5.01. The lowest BCUT2D eigenvalue weighted by Crippen LogP contribution is -2.34. The zero-order chi connectivity index (χ0) is 14.4. The van der Waals surface area contributed by atoms with Gasteiger partial charge in [-0.2, -0.15) is 0 Å². The number of nitrogens with one attached hydrogen (secondary N) is 2. The number of carbonyl (C=O) groups excluding carboxylic acids is 1. The summed E-state index contributed by atoms with van der Waals surface area (Å²) in [4.78, 5) is 12.6. The molecular formula is C15H17N3OS. The maximum Gasteiger partial charge on any atom is 0.333 e. The SMILES string of the molecule is CCc1cccc(NC(=O)NN)c1/C=C/c1cccs1.